The van der Waals surface area contributed by atoms with E-state index in [0.29, 0.717) is 18.3 Å². The van der Waals surface area contributed by atoms with Crippen molar-refractivity contribution in [2.75, 3.05) is 6.61 Å². The maximum atomic E-state index is 5.93. The second-order valence-electron chi connectivity index (χ2n) is 6.28. The van der Waals surface area contributed by atoms with Gasteiger partial charge in [0.1, 0.15) is 6.10 Å². The SMILES string of the molecule is Cc1nn(C)cc1[C@H]1OCC[C@@H]1NCc1nnc(-c2ccccc2)o1. The second-order valence-corrected chi connectivity index (χ2v) is 6.28. The van der Waals surface area contributed by atoms with Crippen LogP contribution in [0.1, 0.15) is 29.7 Å². The van der Waals surface area contributed by atoms with E-state index in [1.807, 2.05) is 55.2 Å². The summed E-state index contributed by atoms with van der Waals surface area (Å²) in [7, 11) is 1.93. The van der Waals surface area contributed by atoms with Crippen LogP contribution < -0.4 is 5.32 Å². The van der Waals surface area contributed by atoms with E-state index >= 15 is 0 Å². The minimum Gasteiger partial charge on any atom is -0.419 e. The van der Waals surface area contributed by atoms with Gasteiger partial charge in [-0.25, -0.2) is 0 Å². The van der Waals surface area contributed by atoms with Crippen LogP contribution in [0.5, 0.6) is 0 Å². The van der Waals surface area contributed by atoms with Crippen LogP contribution >= 0.6 is 0 Å². The van der Waals surface area contributed by atoms with Crippen molar-refractivity contribution in [3.63, 3.8) is 0 Å². The molecule has 7 heteroatoms. The number of hydrogen-bond donors (Lipinski definition) is 1. The van der Waals surface area contributed by atoms with Gasteiger partial charge in [0.15, 0.2) is 0 Å². The molecular weight excluding hydrogens is 318 g/mol. The number of aromatic nitrogens is 4. The summed E-state index contributed by atoms with van der Waals surface area (Å²) in [6.45, 7) is 3.26. The average molecular weight is 339 g/mol. The number of hydrogen-bond acceptors (Lipinski definition) is 6. The minimum absolute atomic E-state index is 0.00483. The first kappa shape index (κ1) is 16.0. The first-order valence-corrected chi connectivity index (χ1v) is 8.43. The Morgan fingerprint density at radius 3 is 2.84 bits per heavy atom. The molecule has 2 aromatic heterocycles. The summed E-state index contributed by atoms with van der Waals surface area (Å²) in [4.78, 5) is 0. The molecule has 3 heterocycles. The first-order chi connectivity index (χ1) is 12.2. The Morgan fingerprint density at radius 2 is 2.08 bits per heavy atom. The summed E-state index contributed by atoms with van der Waals surface area (Å²) >= 11 is 0. The molecule has 1 fully saturated rings. The molecule has 1 saturated heterocycles. The van der Waals surface area contributed by atoms with Gasteiger partial charge in [0.05, 0.1) is 12.2 Å². The van der Waals surface area contributed by atoms with Gasteiger partial charge in [0.25, 0.3) is 0 Å². The van der Waals surface area contributed by atoms with Crippen molar-refractivity contribution >= 4 is 0 Å². The highest BCUT2D eigenvalue weighted by atomic mass is 16.5. The second kappa shape index (κ2) is 6.78. The van der Waals surface area contributed by atoms with E-state index in [9.17, 15) is 0 Å². The zero-order chi connectivity index (χ0) is 17.2. The molecule has 130 valence electrons. The smallest absolute Gasteiger partial charge is 0.247 e. The molecule has 25 heavy (non-hydrogen) atoms. The Labute approximate surface area is 146 Å². The third-order valence-electron chi connectivity index (χ3n) is 4.45. The van der Waals surface area contributed by atoms with E-state index in [4.69, 9.17) is 9.15 Å². The number of nitrogens with zero attached hydrogens (tertiary/aromatic N) is 4. The van der Waals surface area contributed by atoms with Gasteiger partial charge >= 0.3 is 0 Å². The average Bonchev–Trinajstić information content (AvgIpc) is 3.33. The maximum Gasteiger partial charge on any atom is 0.247 e. The van der Waals surface area contributed by atoms with Gasteiger partial charge in [0, 0.05) is 37.0 Å². The third kappa shape index (κ3) is 3.33. The highest BCUT2D eigenvalue weighted by Crippen LogP contribution is 2.31. The van der Waals surface area contributed by atoms with E-state index in [2.05, 4.69) is 20.6 Å². The molecule has 1 aromatic carbocycles. The summed E-state index contributed by atoms with van der Waals surface area (Å²) in [5.74, 6) is 1.12. The van der Waals surface area contributed by atoms with Crippen molar-refractivity contribution in [3.05, 3.63) is 53.7 Å². The van der Waals surface area contributed by atoms with E-state index in [0.717, 1.165) is 29.8 Å². The topological polar surface area (TPSA) is 78.0 Å². The van der Waals surface area contributed by atoms with Gasteiger partial charge in [-0.1, -0.05) is 18.2 Å². The van der Waals surface area contributed by atoms with Crippen molar-refractivity contribution in [2.24, 2.45) is 7.05 Å². The summed E-state index contributed by atoms with van der Waals surface area (Å²) in [6, 6.07) is 9.98. The Kier molecular flexibility index (Phi) is 4.33. The fourth-order valence-corrected chi connectivity index (χ4v) is 3.24. The van der Waals surface area contributed by atoms with Crippen molar-refractivity contribution in [2.45, 2.75) is 32.0 Å². The fraction of sp³-hybridized carbons (Fsp3) is 0.389. The van der Waals surface area contributed by atoms with Crippen LogP contribution in [0.25, 0.3) is 11.5 Å². The number of ether oxygens (including phenoxy) is 1. The van der Waals surface area contributed by atoms with Gasteiger partial charge in [-0.2, -0.15) is 5.10 Å². The van der Waals surface area contributed by atoms with Gasteiger partial charge in [0.2, 0.25) is 11.8 Å². The monoisotopic (exact) mass is 339 g/mol. The largest absolute Gasteiger partial charge is 0.419 e. The van der Waals surface area contributed by atoms with Crippen LogP contribution in [0.4, 0.5) is 0 Å². The molecule has 0 unspecified atom stereocenters. The van der Waals surface area contributed by atoms with Crippen LogP contribution in [-0.2, 0) is 18.3 Å². The van der Waals surface area contributed by atoms with Crippen LogP contribution in [0.3, 0.4) is 0 Å². The third-order valence-corrected chi connectivity index (χ3v) is 4.45. The highest BCUT2D eigenvalue weighted by molar-refractivity contribution is 5.51. The zero-order valence-electron chi connectivity index (χ0n) is 14.3. The number of rotatable bonds is 5. The fourth-order valence-electron chi connectivity index (χ4n) is 3.24. The van der Waals surface area contributed by atoms with Gasteiger partial charge < -0.3 is 14.5 Å². The number of aryl methyl sites for hydroxylation is 2. The Morgan fingerprint density at radius 1 is 1.24 bits per heavy atom. The molecule has 4 rings (SSSR count). The van der Waals surface area contributed by atoms with Crippen molar-refractivity contribution < 1.29 is 9.15 Å². The molecule has 1 N–H and O–H groups in total. The molecule has 1 aliphatic rings. The highest BCUT2D eigenvalue weighted by Gasteiger charge is 2.32. The zero-order valence-corrected chi connectivity index (χ0v) is 14.3. The molecule has 0 amide bonds. The summed E-state index contributed by atoms with van der Waals surface area (Å²) in [5.41, 5.74) is 3.06. The van der Waals surface area contributed by atoms with Crippen molar-refractivity contribution in [1.29, 1.82) is 0 Å². The molecule has 0 saturated carbocycles. The lowest BCUT2D eigenvalue weighted by Crippen LogP contribution is -2.31. The van der Waals surface area contributed by atoms with Crippen molar-refractivity contribution in [1.82, 2.24) is 25.3 Å². The first-order valence-electron chi connectivity index (χ1n) is 8.43. The van der Waals surface area contributed by atoms with E-state index in [1.54, 1.807) is 0 Å². The van der Waals surface area contributed by atoms with E-state index < -0.39 is 0 Å². The number of nitrogens with one attached hydrogen (secondary N) is 1. The van der Waals surface area contributed by atoms with Gasteiger partial charge in [-0.05, 0) is 25.5 Å². The molecule has 7 nitrogen and oxygen atoms in total. The summed E-state index contributed by atoms with van der Waals surface area (Å²) < 4.78 is 13.5. The predicted octanol–water partition coefficient (Wildman–Crippen LogP) is 2.40. The minimum atomic E-state index is 0.00483. The molecule has 0 bridgehead atoms. The molecular formula is C18H21N5O2. The molecule has 0 aliphatic carbocycles. The lowest BCUT2D eigenvalue weighted by molar-refractivity contribution is 0.0975. The molecule has 2 atom stereocenters. The van der Waals surface area contributed by atoms with Crippen LogP contribution in [0, 0.1) is 6.92 Å². The normalized spacial score (nSPS) is 20.2. The standard InChI is InChI=1S/C18H21N5O2/c1-12-14(11-23(2)22-12)17-15(8-9-24-17)19-10-16-20-21-18(25-16)13-6-4-3-5-7-13/h3-7,11,15,17,19H,8-10H2,1-2H3/t15-,17+/m0/s1. The Bertz CT molecular complexity index is 842. The lowest BCUT2D eigenvalue weighted by Gasteiger charge is -2.18. The summed E-state index contributed by atoms with van der Waals surface area (Å²) in [5, 5.41) is 16.2. The van der Waals surface area contributed by atoms with Crippen LogP contribution in [0.15, 0.2) is 40.9 Å². The van der Waals surface area contributed by atoms with Crippen LogP contribution in [-0.4, -0.2) is 32.6 Å². The van der Waals surface area contributed by atoms with E-state index in [-0.39, 0.29) is 12.1 Å². The molecule has 0 radical (unpaired) electrons. The Balaban J connectivity index is 1.43. The van der Waals surface area contributed by atoms with Crippen molar-refractivity contribution in [3.8, 4) is 11.5 Å². The molecule has 1 aliphatic heterocycles. The molecule has 3 aromatic rings. The Hall–Kier alpha value is -2.51. The van der Waals surface area contributed by atoms with Gasteiger partial charge in [-0.15, -0.1) is 10.2 Å². The maximum absolute atomic E-state index is 5.93. The predicted molar refractivity (Wildman–Crippen MR) is 91.6 cm³/mol. The lowest BCUT2D eigenvalue weighted by atomic mass is 10.0. The number of benzene rings is 1. The quantitative estimate of drug-likeness (QED) is 0.769. The molecule has 0 spiro atoms. The van der Waals surface area contributed by atoms with Gasteiger partial charge in [-0.3, -0.25) is 4.68 Å². The summed E-state index contributed by atoms with van der Waals surface area (Å²) in [6.07, 6.45) is 2.98. The van der Waals surface area contributed by atoms with E-state index in [1.165, 1.54) is 0 Å². The van der Waals surface area contributed by atoms with Crippen LogP contribution in [0.2, 0.25) is 0 Å².